The minimum Gasteiger partial charge on any atom is -0.501 e. The van der Waals surface area contributed by atoms with Crippen molar-refractivity contribution in [2.24, 2.45) is 0 Å². The van der Waals surface area contributed by atoms with Crippen LogP contribution < -0.4 is 0 Å². The second-order valence-electron chi connectivity index (χ2n) is 16.8. The molecule has 5 aromatic carbocycles. The van der Waals surface area contributed by atoms with Gasteiger partial charge in [0, 0.05) is 43.2 Å². The molecule has 0 bridgehead atoms. The zero-order valence-electron chi connectivity index (χ0n) is 35.7. The number of nitrogens with zero attached hydrogens (tertiary/aromatic N) is 6. The average Bonchev–Trinajstić information content (AvgIpc) is 3.81. The Labute approximate surface area is 373 Å². The molecule has 9 aromatic rings. The van der Waals surface area contributed by atoms with Crippen molar-refractivity contribution in [2.45, 2.75) is 72.6 Å². The molecule has 0 saturated carbocycles. The molecule has 4 heterocycles. The van der Waals surface area contributed by atoms with E-state index in [-0.39, 0.29) is 48.5 Å². The molecule has 1 N–H and O–H groups in total. The Kier molecular flexibility index (Phi) is 12.3. The van der Waals surface area contributed by atoms with E-state index < -0.39 is 11.8 Å². The average molecular weight is 1000 g/mol. The van der Waals surface area contributed by atoms with E-state index in [0.29, 0.717) is 22.8 Å². The number of imidazole rings is 1. The third kappa shape index (κ3) is 8.43. The summed E-state index contributed by atoms with van der Waals surface area (Å²) in [6.45, 7) is 17.2. The number of para-hydroxylation sites is 1. The van der Waals surface area contributed by atoms with Gasteiger partial charge in [-0.05, 0) is 69.3 Å². The van der Waals surface area contributed by atoms with Crippen LogP contribution in [0.15, 0.2) is 114 Å². The Hall–Kier alpha value is -6.42. The molecule has 4 aromatic heterocycles. The van der Waals surface area contributed by atoms with E-state index in [1.54, 1.807) is 12.3 Å². The van der Waals surface area contributed by atoms with Gasteiger partial charge in [0.2, 0.25) is 0 Å². The summed E-state index contributed by atoms with van der Waals surface area (Å²) in [6, 6.07) is 37.4. The van der Waals surface area contributed by atoms with Crippen LogP contribution in [0.2, 0.25) is 0 Å². The number of carboxylic acid groups (broad SMARTS) is 1. The summed E-state index contributed by atoms with van der Waals surface area (Å²) in [4.78, 5) is 24.5. The molecule has 9 nitrogen and oxygen atoms in total. The third-order valence-electron chi connectivity index (χ3n) is 10.8. The maximum Gasteiger partial charge on any atom is 0.292 e. The first-order chi connectivity index (χ1) is 29.2. The summed E-state index contributed by atoms with van der Waals surface area (Å²) in [5.74, 6) is -0.565. The summed E-state index contributed by atoms with van der Waals surface area (Å²) >= 11 is 0. The van der Waals surface area contributed by atoms with Crippen molar-refractivity contribution in [3.63, 3.8) is 0 Å². The molecule has 0 aliphatic rings. The Morgan fingerprint density at radius 3 is 2.21 bits per heavy atom. The number of aryl methyl sites for hydroxylation is 1. The zero-order chi connectivity index (χ0) is 43.2. The number of aromatic nitrogens is 6. The second-order valence-corrected chi connectivity index (χ2v) is 16.8. The fraction of sp³-hybridized carbons (Fsp3) is 0.216. The topological polar surface area (TPSA) is 120 Å². The number of carboxylic acids is 1. The molecule has 11 heteroatoms. The number of carbonyl (C=O) groups is 1. The summed E-state index contributed by atoms with van der Waals surface area (Å²) in [7, 11) is 0. The van der Waals surface area contributed by atoms with E-state index in [2.05, 4.69) is 159 Å². The van der Waals surface area contributed by atoms with Crippen LogP contribution in [0.4, 0.5) is 4.39 Å². The van der Waals surface area contributed by atoms with Gasteiger partial charge in [0.25, 0.3) is 5.97 Å². The number of aromatic carboxylic acids is 1. The van der Waals surface area contributed by atoms with Gasteiger partial charge in [-0.3, -0.25) is 14.2 Å². The van der Waals surface area contributed by atoms with Crippen LogP contribution in [0.25, 0.3) is 72.7 Å². The van der Waals surface area contributed by atoms with Crippen molar-refractivity contribution in [3.05, 3.63) is 155 Å². The summed E-state index contributed by atoms with van der Waals surface area (Å²) < 4.78 is 22.6. The van der Waals surface area contributed by atoms with Gasteiger partial charge in [-0.1, -0.05) is 143 Å². The summed E-state index contributed by atoms with van der Waals surface area (Å²) in [5, 5.41) is 19.5. The molecule has 0 fully saturated rings. The van der Waals surface area contributed by atoms with Crippen molar-refractivity contribution in [2.75, 3.05) is 0 Å². The molecule has 0 saturated heterocycles. The molecule has 0 aliphatic heterocycles. The Morgan fingerprint density at radius 1 is 0.839 bits per heavy atom. The first-order valence-corrected chi connectivity index (χ1v) is 20.2. The van der Waals surface area contributed by atoms with Gasteiger partial charge in [-0.2, -0.15) is 0 Å². The number of pyridine rings is 1. The predicted octanol–water partition coefficient (Wildman–Crippen LogP) is 12.5. The largest absolute Gasteiger partial charge is 0.501 e. The molecular weight excluding hydrogens is 956 g/mol. The minimum absolute atomic E-state index is 0. The molecular formula is C51H45FIrN6O3-2. The van der Waals surface area contributed by atoms with Crippen LogP contribution in [0, 0.1) is 24.9 Å². The van der Waals surface area contributed by atoms with Crippen LogP contribution in [-0.4, -0.2) is 40.8 Å². The maximum absolute atomic E-state index is 13.9. The van der Waals surface area contributed by atoms with Gasteiger partial charge in [0.1, 0.15) is 11.9 Å². The first-order valence-electron chi connectivity index (χ1n) is 20.2. The fourth-order valence-corrected chi connectivity index (χ4v) is 7.57. The predicted molar refractivity (Wildman–Crippen MR) is 238 cm³/mol. The number of hydrogen-bond donors (Lipinski definition) is 1. The number of halogens is 1. The number of hydrogen-bond acceptors (Lipinski definition) is 7. The Bertz CT molecular complexity index is 3070. The zero-order valence-corrected chi connectivity index (χ0v) is 38.1. The van der Waals surface area contributed by atoms with Crippen molar-refractivity contribution in [1.82, 2.24) is 29.7 Å². The molecule has 1 radical (unpaired) electrons. The summed E-state index contributed by atoms with van der Waals surface area (Å²) in [6.07, 6.45) is 3.15. The number of fused-ring (bicyclic) bond motifs is 4. The number of rotatable bonds is 7. The van der Waals surface area contributed by atoms with Crippen molar-refractivity contribution >= 4 is 39.2 Å². The van der Waals surface area contributed by atoms with Crippen molar-refractivity contribution in [1.29, 1.82) is 0 Å². The van der Waals surface area contributed by atoms with Crippen LogP contribution in [0.1, 0.15) is 92.9 Å². The van der Waals surface area contributed by atoms with E-state index in [4.69, 9.17) is 14.5 Å². The van der Waals surface area contributed by atoms with Gasteiger partial charge in [-0.25, -0.2) is 4.98 Å². The smallest absolute Gasteiger partial charge is 0.292 e. The van der Waals surface area contributed by atoms with E-state index >= 15 is 0 Å². The third-order valence-corrected chi connectivity index (χ3v) is 10.8. The van der Waals surface area contributed by atoms with Gasteiger partial charge in [-0.15, -0.1) is 40.5 Å². The van der Waals surface area contributed by atoms with E-state index in [9.17, 15) is 9.18 Å². The fourth-order valence-electron chi connectivity index (χ4n) is 7.57. The molecule has 0 aliphatic carbocycles. The quantitative estimate of drug-likeness (QED) is 0.157. The van der Waals surface area contributed by atoms with Gasteiger partial charge < -0.3 is 19.1 Å². The molecule has 0 amide bonds. The number of furan rings is 1. The van der Waals surface area contributed by atoms with E-state index in [1.807, 2.05) is 12.1 Å². The molecule has 62 heavy (non-hydrogen) atoms. The van der Waals surface area contributed by atoms with Gasteiger partial charge in [0.15, 0.2) is 11.3 Å². The molecule has 9 rings (SSSR count). The van der Waals surface area contributed by atoms with Crippen LogP contribution >= 0.6 is 0 Å². The maximum atomic E-state index is 13.9. The monoisotopic (exact) mass is 1000 g/mol. The molecule has 0 spiro atoms. The first kappa shape index (κ1) is 43.7. The van der Waals surface area contributed by atoms with Crippen LogP contribution in [0.5, 0.6) is 0 Å². The van der Waals surface area contributed by atoms with Crippen LogP contribution in [-0.2, 0) is 25.5 Å². The molecule has 315 valence electrons. The Balaban J connectivity index is 0.000000233. The minimum atomic E-state index is -1.18. The normalized spacial score (nSPS) is 11.6. The van der Waals surface area contributed by atoms with Crippen molar-refractivity contribution in [3.8, 4) is 39.5 Å². The standard InChI is InChI=1S/C35H30N5O.C16H15FNO2.Ir/c1-20(2)25-11-7-12-26(21(3)4)31(25)40-34(38-33-35(40)39-37-19-36-33)29-14-8-13-28-27-16-15-24(18-30(27)41-32(28)29)23-10-6-9-22(5)17-23;1-16(2,3)11-5-7-14(18-9-11)12-6-4-10(15(19)20)8-13(12)17;/h6-13,15-21H,1-5H3;4-5,7-9H,1-3H3,(H,19,20);/q2*-1;. The number of benzene rings is 5. The van der Waals surface area contributed by atoms with Gasteiger partial charge in [0.05, 0.1) is 11.4 Å². The summed E-state index contributed by atoms with van der Waals surface area (Å²) in [5.41, 5.74) is 12.0. The van der Waals surface area contributed by atoms with E-state index in [1.165, 1.54) is 29.1 Å². The van der Waals surface area contributed by atoms with E-state index in [0.717, 1.165) is 55.9 Å². The Morgan fingerprint density at radius 2 is 1.56 bits per heavy atom. The van der Waals surface area contributed by atoms with Crippen molar-refractivity contribution < 1.29 is 38.8 Å². The van der Waals surface area contributed by atoms with Crippen LogP contribution in [0.3, 0.4) is 0 Å². The SMILES string of the molecule is CC(C)(C)c1ccc(-c2[c-]cc(C(=O)O)cc2F)nc1.Cc1cccc(-c2ccc3c(c2)oc2c(-c4nc5ncnnc5n4-c4c(C(C)C)cccc4C(C)C)[c-]ccc23)c1.[Ir]. The molecule has 0 atom stereocenters. The van der Waals surface area contributed by atoms with Gasteiger partial charge >= 0.3 is 0 Å². The second kappa shape index (κ2) is 17.5. The molecule has 0 unspecified atom stereocenters.